The summed E-state index contributed by atoms with van der Waals surface area (Å²) < 4.78 is 92.2. The molecule has 1 aromatic carbocycles. The second-order valence-corrected chi connectivity index (χ2v) is 7.73. The Bertz CT molecular complexity index is 1150. The summed E-state index contributed by atoms with van der Waals surface area (Å²) in [4.78, 5) is 20.0. The maximum absolute atomic E-state index is 14.1. The highest BCUT2D eigenvalue weighted by Gasteiger charge is 2.33. The summed E-state index contributed by atoms with van der Waals surface area (Å²) in [6.45, 7) is 1.42. The lowest BCUT2D eigenvalue weighted by atomic mass is 10.1. The van der Waals surface area contributed by atoms with Crippen LogP contribution in [0.25, 0.3) is 5.82 Å². The van der Waals surface area contributed by atoms with E-state index in [1.54, 1.807) is 0 Å². The predicted molar refractivity (Wildman–Crippen MR) is 103 cm³/mol. The van der Waals surface area contributed by atoms with Crippen molar-refractivity contribution in [2.45, 2.75) is 30.2 Å². The first-order chi connectivity index (χ1) is 15.3. The van der Waals surface area contributed by atoms with Gasteiger partial charge in [0.25, 0.3) is 5.91 Å². The third kappa shape index (κ3) is 6.21. The molecule has 0 fully saturated rings. The number of nitrogens with zero attached hydrogens (tertiary/aromatic N) is 4. The van der Waals surface area contributed by atoms with Crippen molar-refractivity contribution in [3.05, 3.63) is 65.6 Å². The lowest BCUT2D eigenvalue weighted by Gasteiger charge is -2.16. The Morgan fingerprint density at radius 2 is 1.88 bits per heavy atom. The summed E-state index contributed by atoms with van der Waals surface area (Å²) in [5, 5.41) is 6.24. The van der Waals surface area contributed by atoms with Gasteiger partial charge < -0.3 is 5.32 Å². The molecule has 0 spiro atoms. The molecule has 0 saturated carbocycles. The maximum Gasteiger partial charge on any atom is 0.416 e. The summed E-state index contributed by atoms with van der Waals surface area (Å²) in [5.41, 5.74) is -1.78. The SMILES string of the molecule is CC(NC(=O)c1cc(SCC(F)(F)F)cc(C(F)(F)F)c1)c1ncnn1-c1ncccc1F. The van der Waals surface area contributed by atoms with E-state index in [2.05, 4.69) is 20.4 Å². The molecule has 0 saturated heterocycles. The molecule has 1 atom stereocenters. The molecule has 1 N–H and O–H groups in total. The number of pyridine rings is 1. The second-order valence-electron chi connectivity index (χ2n) is 6.68. The van der Waals surface area contributed by atoms with Crippen LogP contribution in [0.1, 0.15) is 34.7 Å². The van der Waals surface area contributed by atoms with Crippen LogP contribution in [-0.4, -0.2) is 37.6 Å². The van der Waals surface area contributed by atoms with Gasteiger partial charge in [0.2, 0.25) is 0 Å². The average Bonchev–Trinajstić information content (AvgIpc) is 3.21. The number of amides is 1. The van der Waals surface area contributed by atoms with E-state index in [9.17, 15) is 35.5 Å². The maximum atomic E-state index is 14.1. The zero-order valence-electron chi connectivity index (χ0n) is 16.6. The summed E-state index contributed by atoms with van der Waals surface area (Å²) in [5.74, 6) is -3.34. The number of alkyl halides is 6. The summed E-state index contributed by atoms with van der Waals surface area (Å²) in [7, 11) is 0. The van der Waals surface area contributed by atoms with Crippen LogP contribution in [-0.2, 0) is 6.18 Å². The van der Waals surface area contributed by atoms with Crippen LogP contribution in [0.2, 0.25) is 0 Å². The molecular weight excluding hydrogens is 479 g/mol. The van der Waals surface area contributed by atoms with Crippen LogP contribution in [0.3, 0.4) is 0 Å². The number of nitrogens with one attached hydrogen (secondary N) is 1. The van der Waals surface area contributed by atoms with Crippen LogP contribution >= 0.6 is 11.8 Å². The molecule has 0 bridgehead atoms. The number of halogens is 7. The number of rotatable bonds is 6. The van der Waals surface area contributed by atoms with Gasteiger partial charge in [0.15, 0.2) is 17.5 Å². The van der Waals surface area contributed by atoms with Gasteiger partial charge in [-0.1, -0.05) is 0 Å². The summed E-state index contributed by atoms with van der Waals surface area (Å²) >= 11 is 0.126. The molecular formula is C19H14F7N5OS. The van der Waals surface area contributed by atoms with Gasteiger partial charge in [0, 0.05) is 16.7 Å². The van der Waals surface area contributed by atoms with E-state index in [1.165, 1.54) is 19.2 Å². The van der Waals surface area contributed by atoms with Gasteiger partial charge in [0.1, 0.15) is 6.33 Å². The van der Waals surface area contributed by atoms with Crippen molar-refractivity contribution in [1.82, 2.24) is 25.1 Å². The third-order valence-corrected chi connectivity index (χ3v) is 5.19. The summed E-state index contributed by atoms with van der Waals surface area (Å²) in [6, 6.07) is 3.50. The van der Waals surface area contributed by atoms with Crippen molar-refractivity contribution >= 4 is 17.7 Å². The molecule has 0 aliphatic heterocycles. The molecule has 2 heterocycles. The smallest absolute Gasteiger partial charge is 0.342 e. The van der Waals surface area contributed by atoms with Crippen LogP contribution in [0, 0.1) is 5.82 Å². The van der Waals surface area contributed by atoms with Gasteiger partial charge in [-0.05, 0) is 37.3 Å². The predicted octanol–water partition coefficient (Wildman–Crippen LogP) is 4.97. The van der Waals surface area contributed by atoms with E-state index in [-0.39, 0.29) is 28.3 Å². The average molecular weight is 493 g/mol. The fourth-order valence-electron chi connectivity index (χ4n) is 2.73. The number of carbonyl (C=O) groups excluding carboxylic acids is 1. The van der Waals surface area contributed by atoms with E-state index < -0.39 is 47.0 Å². The lowest BCUT2D eigenvalue weighted by Crippen LogP contribution is -2.29. The first-order valence-electron chi connectivity index (χ1n) is 9.08. The van der Waals surface area contributed by atoms with Gasteiger partial charge in [0.05, 0.1) is 17.4 Å². The monoisotopic (exact) mass is 493 g/mol. The van der Waals surface area contributed by atoms with Crippen LogP contribution in [0.15, 0.2) is 47.8 Å². The normalized spacial score (nSPS) is 13.1. The van der Waals surface area contributed by atoms with Crippen LogP contribution in [0.5, 0.6) is 0 Å². The number of thioether (sulfide) groups is 1. The number of hydrogen-bond acceptors (Lipinski definition) is 5. The van der Waals surface area contributed by atoms with Crippen molar-refractivity contribution in [3.63, 3.8) is 0 Å². The number of carbonyl (C=O) groups is 1. The number of aromatic nitrogens is 4. The molecule has 14 heteroatoms. The molecule has 2 aromatic heterocycles. The highest BCUT2D eigenvalue weighted by atomic mass is 32.2. The second kappa shape index (κ2) is 9.37. The highest BCUT2D eigenvalue weighted by molar-refractivity contribution is 7.99. The van der Waals surface area contributed by atoms with Gasteiger partial charge in [-0.15, -0.1) is 11.8 Å². The Balaban J connectivity index is 1.87. The van der Waals surface area contributed by atoms with E-state index >= 15 is 0 Å². The van der Waals surface area contributed by atoms with Gasteiger partial charge in [-0.2, -0.15) is 36.1 Å². The van der Waals surface area contributed by atoms with Gasteiger partial charge >= 0.3 is 12.4 Å². The molecule has 0 radical (unpaired) electrons. The van der Waals surface area contributed by atoms with Gasteiger partial charge in [-0.25, -0.2) is 14.4 Å². The van der Waals surface area contributed by atoms with Crippen molar-refractivity contribution in [3.8, 4) is 5.82 Å². The lowest BCUT2D eigenvalue weighted by molar-refractivity contribution is -0.137. The Kier molecular flexibility index (Phi) is 6.95. The van der Waals surface area contributed by atoms with Crippen LogP contribution < -0.4 is 5.32 Å². The minimum atomic E-state index is -4.88. The topological polar surface area (TPSA) is 72.7 Å². The Morgan fingerprint density at radius 3 is 2.52 bits per heavy atom. The quantitative estimate of drug-likeness (QED) is 0.388. The molecule has 3 rings (SSSR count). The molecule has 33 heavy (non-hydrogen) atoms. The van der Waals surface area contributed by atoms with Crippen molar-refractivity contribution in [2.75, 3.05) is 5.75 Å². The van der Waals surface area contributed by atoms with Crippen molar-refractivity contribution in [2.24, 2.45) is 0 Å². The van der Waals surface area contributed by atoms with E-state index in [4.69, 9.17) is 0 Å². The minimum absolute atomic E-state index is 0.0274. The fraction of sp³-hybridized carbons (Fsp3) is 0.263. The van der Waals surface area contributed by atoms with E-state index in [0.717, 1.165) is 23.1 Å². The van der Waals surface area contributed by atoms with E-state index in [1.807, 2.05) is 0 Å². The van der Waals surface area contributed by atoms with Crippen LogP contribution in [0.4, 0.5) is 30.7 Å². The number of benzene rings is 1. The Hall–Kier alpha value is -3.16. The highest BCUT2D eigenvalue weighted by Crippen LogP contribution is 2.35. The van der Waals surface area contributed by atoms with Crippen molar-refractivity contribution in [1.29, 1.82) is 0 Å². The third-order valence-electron chi connectivity index (χ3n) is 4.15. The minimum Gasteiger partial charge on any atom is -0.342 e. The van der Waals surface area contributed by atoms with Gasteiger partial charge in [-0.3, -0.25) is 4.79 Å². The largest absolute Gasteiger partial charge is 0.416 e. The molecule has 1 unspecified atom stereocenters. The molecule has 0 aliphatic rings. The zero-order valence-corrected chi connectivity index (χ0v) is 17.4. The molecule has 0 aliphatic carbocycles. The Morgan fingerprint density at radius 1 is 1.15 bits per heavy atom. The molecule has 6 nitrogen and oxygen atoms in total. The molecule has 3 aromatic rings. The van der Waals surface area contributed by atoms with Crippen molar-refractivity contribution < 1.29 is 35.5 Å². The van der Waals surface area contributed by atoms with E-state index in [0.29, 0.717) is 12.1 Å². The fourth-order valence-corrected chi connectivity index (χ4v) is 3.48. The first kappa shape index (κ1) is 24.5. The molecule has 176 valence electrons. The first-order valence-corrected chi connectivity index (χ1v) is 10.1. The zero-order chi connectivity index (χ0) is 24.4. The Labute approximate surface area is 186 Å². The number of hydrogen-bond donors (Lipinski definition) is 1. The molecule has 1 amide bonds. The summed E-state index contributed by atoms with van der Waals surface area (Å²) in [6.07, 6.45) is -7.12. The standard InChI is InChI=1S/C19H14F7N5OS/c1-10(15-28-9-29-31(15)16-14(20)3-2-4-27-16)30-17(32)11-5-12(19(24,25)26)7-13(6-11)33-8-18(21,22)23/h2-7,9-10H,8H2,1H3,(H,30,32).